The Balaban J connectivity index is 1.31. The number of carbonyl (C=O) groups is 1. The fourth-order valence-electron chi connectivity index (χ4n) is 5.06. The van der Waals surface area contributed by atoms with E-state index in [1.807, 2.05) is 11.5 Å². The van der Waals surface area contributed by atoms with Gasteiger partial charge in [-0.3, -0.25) is 4.79 Å². The van der Waals surface area contributed by atoms with Crippen molar-refractivity contribution in [2.75, 3.05) is 26.3 Å². The van der Waals surface area contributed by atoms with Crippen molar-refractivity contribution in [3.63, 3.8) is 0 Å². The Labute approximate surface area is 211 Å². The summed E-state index contributed by atoms with van der Waals surface area (Å²) in [6.07, 6.45) is -1.66. The summed E-state index contributed by atoms with van der Waals surface area (Å²) in [6.45, 7) is 3.47. The highest BCUT2D eigenvalue weighted by atomic mass is 35.5. The van der Waals surface area contributed by atoms with Gasteiger partial charge in [0.25, 0.3) is 5.91 Å². The Hall–Kier alpha value is -2.78. The van der Waals surface area contributed by atoms with E-state index >= 15 is 0 Å². The van der Waals surface area contributed by atoms with E-state index in [2.05, 4.69) is 4.98 Å². The molecule has 5 rings (SSSR count). The number of benzene rings is 2. The van der Waals surface area contributed by atoms with Crippen LogP contribution in [-0.4, -0.2) is 46.7 Å². The first-order valence-corrected chi connectivity index (χ1v) is 12.5. The third-order valence-electron chi connectivity index (χ3n) is 6.93. The number of halogens is 4. The van der Waals surface area contributed by atoms with Gasteiger partial charge in [-0.2, -0.15) is 13.2 Å². The molecule has 2 aliphatic rings. The minimum atomic E-state index is -4.43. The normalized spacial score (nSPS) is 19.2. The number of nitrogens with zero attached hydrogens (tertiary/aromatic N) is 3. The zero-order valence-electron chi connectivity index (χ0n) is 19.9. The monoisotopic (exact) mass is 521 g/mol. The molecular formula is C26H27ClF3N3O3. The number of piperidine rings is 1. The minimum Gasteiger partial charge on any atom is -0.483 e. The molecule has 0 spiro atoms. The Kier molecular flexibility index (Phi) is 6.87. The summed E-state index contributed by atoms with van der Waals surface area (Å²) in [6, 6.07) is 8.98. The molecule has 2 aliphatic heterocycles. The van der Waals surface area contributed by atoms with Gasteiger partial charge in [0.05, 0.1) is 16.6 Å². The van der Waals surface area contributed by atoms with Gasteiger partial charge in [0, 0.05) is 30.8 Å². The van der Waals surface area contributed by atoms with E-state index in [0.717, 1.165) is 30.5 Å². The van der Waals surface area contributed by atoms with Crippen LogP contribution in [0.15, 0.2) is 36.4 Å². The molecule has 1 aromatic heterocycles. The first kappa shape index (κ1) is 24.9. The first-order chi connectivity index (χ1) is 17.2. The molecule has 36 heavy (non-hydrogen) atoms. The van der Waals surface area contributed by atoms with Crippen molar-refractivity contribution in [3.05, 3.63) is 58.4 Å². The molecule has 1 atom stereocenters. The van der Waals surface area contributed by atoms with Gasteiger partial charge in [-0.1, -0.05) is 11.6 Å². The van der Waals surface area contributed by atoms with Crippen molar-refractivity contribution in [3.8, 4) is 5.75 Å². The van der Waals surface area contributed by atoms with Crippen LogP contribution in [0.25, 0.3) is 11.0 Å². The van der Waals surface area contributed by atoms with Gasteiger partial charge in [0.15, 0.2) is 6.61 Å². The van der Waals surface area contributed by atoms with Gasteiger partial charge in [0.2, 0.25) is 0 Å². The lowest BCUT2D eigenvalue weighted by molar-refractivity contribution is -0.137. The average molecular weight is 522 g/mol. The molecule has 0 aliphatic carbocycles. The van der Waals surface area contributed by atoms with Crippen LogP contribution in [0.1, 0.15) is 54.8 Å². The molecule has 6 nitrogen and oxygen atoms in total. The minimum absolute atomic E-state index is 0.00872. The summed E-state index contributed by atoms with van der Waals surface area (Å²) in [4.78, 5) is 19.2. The molecule has 0 N–H and O–H groups in total. The Morgan fingerprint density at radius 3 is 2.61 bits per heavy atom. The predicted octanol–water partition coefficient (Wildman–Crippen LogP) is 6.11. The first-order valence-electron chi connectivity index (χ1n) is 12.1. The summed E-state index contributed by atoms with van der Waals surface area (Å²) in [5.41, 5.74) is 1.13. The zero-order valence-corrected chi connectivity index (χ0v) is 20.6. The number of rotatable bonds is 5. The van der Waals surface area contributed by atoms with Crippen LogP contribution >= 0.6 is 11.6 Å². The Bertz CT molecular complexity index is 1260. The number of imidazole rings is 1. The van der Waals surface area contributed by atoms with Crippen molar-refractivity contribution in [2.45, 2.75) is 50.9 Å². The molecule has 3 aromatic rings. The molecule has 192 valence electrons. The second kappa shape index (κ2) is 9.94. The maximum Gasteiger partial charge on any atom is 0.416 e. The SMILES string of the molecule is Cc1cc(Cl)ccc1OCC(=O)N1CCC(n2c([C@H]3CCCO3)nc3cc(C(F)(F)F)ccc32)CC1. The van der Waals surface area contributed by atoms with Crippen LogP contribution in [0.4, 0.5) is 13.2 Å². The number of aromatic nitrogens is 2. The van der Waals surface area contributed by atoms with Crippen LogP contribution in [0, 0.1) is 6.92 Å². The van der Waals surface area contributed by atoms with Crippen molar-refractivity contribution in [2.24, 2.45) is 0 Å². The van der Waals surface area contributed by atoms with Crippen LogP contribution in [0.5, 0.6) is 5.75 Å². The van der Waals surface area contributed by atoms with E-state index in [9.17, 15) is 18.0 Å². The van der Waals surface area contributed by atoms with Gasteiger partial charge in [-0.25, -0.2) is 4.98 Å². The zero-order chi connectivity index (χ0) is 25.4. The number of ether oxygens (including phenoxy) is 2. The number of carbonyl (C=O) groups excluding carboxylic acids is 1. The lowest BCUT2D eigenvalue weighted by Crippen LogP contribution is -2.41. The molecule has 0 bridgehead atoms. The third kappa shape index (κ3) is 5.04. The molecule has 0 radical (unpaired) electrons. The van der Waals surface area contributed by atoms with Gasteiger partial charge in [-0.05, 0) is 74.6 Å². The van der Waals surface area contributed by atoms with Gasteiger partial charge in [0.1, 0.15) is 17.7 Å². The highest BCUT2D eigenvalue weighted by molar-refractivity contribution is 6.30. The van der Waals surface area contributed by atoms with E-state index < -0.39 is 11.7 Å². The fourth-order valence-corrected chi connectivity index (χ4v) is 5.29. The van der Waals surface area contributed by atoms with E-state index in [-0.39, 0.29) is 24.7 Å². The molecule has 10 heteroatoms. The molecule has 3 heterocycles. The van der Waals surface area contributed by atoms with Crippen molar-refractivity contribution < 1.29 is 27.4 Å². The molecule has 2 fully saturated rings. The molecule has 0 unspecified atom stereocenters. The molecule has 2 saturated heterocycles. The number of hydrogen-bond acceptors (Lipinski definition) is 4. The summed E-state index contributed by atoms with van der Waals surface area (Å²) in [5, 5.41) is 0.609. The van der Waals surface area contributed by atoms with E-state index in [4.69, 9.17) is 21.1 Å². The number of aryl methyl sites for hydroxylation is 1. The number of hydrogen-bond donors (Lipinski definition) is 0. The second-order valence-corrected chi connectivity index (χ2v) is 9.79. The van der Waals surface area contributed by atoms with Crippen LogP contribution in [0.3, 0.4) is 0 Å². The molecule has 1 amide bonds. The van der Waals surface area contributed by atoms with Crippen molar-refractivity contribution in [1.82, 2.24) is 14.5 Å². The van der Waals surface area contributed by atoms with Crippen LogP contribution < -0.4 is 4.74 Å². The lowest BCUT2D eigenvalue weighted by Gasteiger charge is -2.34. The van der Waals surface area contributed by atoms with Crippen LogP contribution in [0.2, 0.25) is 5.02 Å². The molecule has 2 aromatic carbocycles. The van der Waals surface area contributed by atoms with E-state index in [1.54, 1.807) is 23.1 Å². The van der Waals surface area contributed by atoms with Crippen molar-refractivity contribution >= 4 is 28.5 Å². The van der Waals surface area contributed by atoms with Gasteiger partial charge >= 0.3 is 6.18 Å². The maximum atomic E-state index is 13.3. The Morgan fingerprint density at radius 1 is 1.17 bits per heavy atom. The fraction of sp³-hybridized carbons (Fsp3) is 0.462. The molecule has 0 saturated carbocycles. The summed E-state index contributed by atoms with van der Waals surface area (Å²) in [5.74, 6) is 1.19. The van der Waals surface area contributed by atoms with E-state index in [1.165, 1.54) is 6.07 Å². The topological polar surface area (TPSA) is 56.6 Å². The lowest BCUT2D eigenvalue weighted by atomic mass is 10.0. The standard InChI is InChI=1S/C26H27ClF3N3O3/c1-16-13-18(27)5-7-22(16)36-15-24(34)32-10-8-19(9-11-32)33-21-6-4-17(26(28,29)30)14-20(21)31-25(33)23-3-2-12-35-23/h4-7,13-14,19,23H,2-3,8-12,15H2,1H3/t23-/m1/s1. The highest BCUT2D eigenvalue weighted by Gasteiger charge is 2.34. The number of amides is 1. The van der Waals surface area contributed by atoms with Crippen LogP contribution in [-0.2, 0) is 15.7 Å². The summed E-state index contributed by atoms with van der Waals surface area (Å²) in [7, 11) is 0. The third-order valence-corrected chi connectivity index (χ3v) is 7.17. The van der Waals surface area contributed by atoms with Gasteiger partial charge in [-0.15, -0.1) is 0 Å². The quantitative estimate of drug-likeness (QED) is 0.406. The summed E-state index contributed by atoms with van der Waals surface area (Å²) < 4.78 is 53.5. The average Bonchev–Trinajstić information content (AvgIpc) is 3.50. The largest absolute Gasteiger partial charge is 0.483 e. The van der Waals surface area contributed by atoms with Gasteiger partial charge < -0.3 is 18.9 Å². The highest BCUT2D eigenvalue weighted by Crippen LogP contribution is 2.38. The molecular weight excluding hydrogens is 495 g/mol. The number of likely N-dealkylation sites (tertiary alicyclic amines) is 1. The Morgan fingerprint density at radius 2 is 1.94 bits per heavy atom. The summed E-state index contributed by atoms with van der Waals surface area (Å²) >= 11 is 5.98. The smallest absolute Gasteiger partial charge is 0.416 e. The second-order valence-electron chi connectivity index (χ2n) is 9.35. The number of alkyl halides is 3. The maximum absolute atomic E-state index is 13.3. The van der Waals surface area contributed by atoms with Crippen molar-refractivity contribution in [1.29, 1.82) is 0 Å². The number of fused-ring (bicyclic) bond motifs is 1. The van der Waals surface area contributed by atoms with E-state index in [0.29, 0.717) is 60.2 Å². The predicted molar refractivity (Wildman–Crippen MR) is 129 cm³/mol.